The molecule has 17 heavy (non-hydrogen) atoms. The molecule has 5 heteroatoms. The van der Waals surface area contributed by atoms with Crippen LogP contribution in [0.2, 0.25) is 0 Å². The topological polar surface area (TPSA) is 72.6 Å². The van der Waals surface area contributed by atoms with Gasteiger partial charge in [0.1, 0.15) is 6.61 Å². The number of carbonyl (C=O) groups excluding carboxylic acids is 2. The van der Waals surface area contributed by atoms with Gasteiger partial charge >= 0.3 is 6.09 Å². The van der Waals surface area contributed by atoms with Crippen LogP contribution in [0, 0.1) is 0 Å². The van der Waals surface area contributed by atoms with Crippen LogP contribution in [-0.2, 0) is 16.1 Å². The summed E-state index contributed by atoms with van der Waals surface area (Å²) >= 11 is 0. The van der Waals surface area contributed by atoms with E-state index in [1.165, 1.54) is 0 Å². The van der Waals surface area contributed by atoms with E-state index in [4.69, 9.17) is 10.6 Å². The highest BCUT2D eigenvalue weighted by atomic mass is 16.6. The molecule has 1 aromatic rings. The summed E-state index contributed by atoms with van der Waals surface area (Å²) in [6.07, 6.45) is 0.0439. The Hall–Kier alpha value is -1.88. The molecular weight excluding hydrogens is 220 g/mol. The van der Waals surface area contributed by atoms with Crippen molar-refractivity contribution in [2.75, 3.05) is 0 Å². The molecular formula is C12H16N2O3. The molecule has 0 bridgehead atoms. The maximum Gasteiger partial charge on any atom is 0.431 e. The van der Waals surface area contributed by atoms with E-state index in [2.05, 4.69) is 0 Å². The van der Waals surface area contributed by atoms with Crippen LogP contribution in [0.15, 0.2) is 30.3 Å². The SMILES string of the molecule is CCCC(=O)N(N)C(=O)OCc1ccccc1. The Labute approximate surface area is 100 Å². The van der Waals surface area contributed by atoms with Crippen molar-refractivity contribution in [1.29, 1.82) is 0 Å². The van der Waals surface area contributed by atoms with Crippen LogP contribution < -0.4 is 5.84 Å². The van der Waals surface area contributed by atoms with E-state index in [9.17, 15) is 9.59 Å². The van der Waals surface area contributed by atoms with E-state index in [1.54, 1.807) is 0 Å². The number of nitrogens with zero attached hydrogens (tertiary/aromatic N) is 1. The van der Waals surface area contributed by atoms with E-state index in [0.29, 0.717) is 11.4 Å². The van der Waals surface area contributed by atoms with E-state index in [0.717, 1.165) is 5.56 Å². The van der Waals surface area contributed by atoms with Crippen molar-refractivity contribution in [2.45, 2.75) is 26.4 Å². The molecule has 2 amide bonds. The predicted octanol–water partition coefficient (Wildman–Crippen LogP) is 1.83. The normalized spacial score (nSPS) is 9.76. The van der Waals surface area contributed by atoms with Crippen LogP contribution in [0.3, 0.4) is 0 Å². The zero-order chi connectivity index (χ0) is 12.7. The lowest BCUT2D eigenvalue weighted by Crippen LogP contribution is -2.42. The molecule has 0 aromatic heterocycles. The molecule has 92 valence electrons. The smallest absolute Gasteiger partial charge is 0.431 e. The highest BCUT2D eigenvalue weighted by Gasteiger charge is 2.17. The number of hydrazine groups is 1. The summed E-state index contributed by atoms with van der Waals surface area (Å²) in [6.45, 7) is 1.94. The number of nitrogens with two attached hydrogens (primary N) is 1. The first-order chi connectivity index (χ1) is 8.15. The van der Waals surface area contributed by atoms with Gasteiger partial charge in [-0.3, -0.25) is 4.79 Å². The highest BCUT2D eigenvalue weighted by molar-refractivity contribution is 5.90. The van der Waals surface area contributed by atoms with Crippen molar-refractivity contribution < 1.29 is 14.3 Å². The molecule has 5 nitrogen and oxygen atoms in total. The molecule has 0 fully saturated rings. The summed E-state index contributed by atoms with van der Waals surface area (Å²) in [4.78, 5) is 22.7. The van der Waals surface area contributed by atoms with E-state index >= 15 is 0 Å². The van der Waals surface area contributed by atoms with Crippen molar-refractivity contribution in [2.24, 2.45) is 5.84 Å². The zero-order valence-electron chi connectivity index (χ0n) is 9.76. The molecule has 0 aliphatic rings. The lowest BCUT2D eigenvalue weighted by atomic mass is 10.2. The third kappa shape index (κ3) is 4.24. The fourth-order valence-electron chi connectivity index (χ4n) is 1.22. The molecule has 0 aliphatic heterocycles. The number of hydrogen-bond donors (Lipinski definition) is 1. The Morgan fingerprint density at radius 3 is 2.53 bits per heavy atom. The molecule has 0 heterocycles. The van der Waals surface area contributed by atoms with Crippen LogP contribution in [-0.4, -0.2) is 17.0 Å². The Balaban J connectivity index is 2.42. The van der Waals surface area contributed by atoms with E-state index < -0.39 is 12.0 Å². The number of ether oxygens (including phenoxy) is 1. The average molecular weight is 236 g/mol. The molecule has 0 unspecified atom stereocenters. The molecule has 0 radical (unpaired) electrons. The minimum Gasteiger partial charge on any atom is -0.443 e. The monoisotopic (exact) mass is 236 g/mol. The first-order valence-electron chi connectivity index (χ1n) is 5.43. The van der Waals surface area contributed by atoms with Gasteiger partial charge in [-0.1, -0.05) is 37.3 Å². The first kappa shape index (κ1) is 13.2. The van der Waals surface area contributed by atoms with Crippen LogP contribution in [0.25, 0.3) is 0 Å². The summed E-state index contributed by atoms with van der Waals surface area (Å²) in [5.41, 5.74) is 0.845. The fraction of sp³-hybridized carbons (Fsp3) is 0.333. The summed E-state index contributed by atoms with van der Waals surface area (Å²) < 4.78 is 4.90. The second-order valence-electron chi connectivity index (χ2n) is 3.55. The van der Waals surface area contributed by atoms with Crippen molar-refractivity contribution in [1.82, 2.24) is 5.01 Å². The van der Waals surface area contributed by atoms with Crippen LogP contribution in [0.1, 0.15) is 25.3 Å². The highest BCUT2D eigenvalue weighted by Crippen LogP contribution is 2.02. The molecule has 2 N–H and O–H groups in total. The van der Waals surface area contributed by atoms with Gasteiger partial charge in [-0.15, -0.1) is 0 Å². The van der Waals surface area contributed by atoms with E-state index in [1.807, 2.05) is 37.3 Å². The van der Waals surface area contributed by atoms with Gasteiger partial charge in [0, 0.05) is 6.42 Å². The Morgan fingerprint density at radius 2 is 1.94 bits per heavy atom. The second kappa shape index (κ2) is 6.65. The van der Waals surface area contributed by atoms with Crippen molar-refractivity contribution in [3.05, 3.63) is 35.9 Å². The van der Waals surface area contributed by atoms with Gasteiger partial charge in [-0.2, -0.15) is 5.01 Å². The Morgan fingerprint density at radius 1 is 1.29 bits per heavy atom. The predicted molar refractivity (Wildman–Crippen MR) is 62.6 cm³/mol. The molecule has 0 spiro atoms. The average Bonchev–Trinajstić information content (AvgIpc) is 2.36. The minimum absolute atomic E-state index is 0.104. The Bertz CT molecular complexity index is 379. The number of carbonyl (C=O) groups is 2. The number of imide groups is 1. The Kier molecular flexibility index (Phi) is 5.16. The van der Waals surface area contributed by atoms with Gasteiger partial charge < -0.3 is 4.74 Å². The van der Waals surface area contributed by atoms with Gasteiger partial charge in [-0.25, -0.2) is 10.6 Å². The van der Waals surface area contributed by atoms with Crippen molar-refractivity contribution in [3.8, 4) is 0 Å². The van der Waals surface area contributed by atoms with Gasteiger partial charge in [0.15, 0.2) is 0 Å². The number of amides is 2. The van der Waals surface area contributed by atoms with Crippen molar-refractivity contribution in [3.63, 3.8) is 0 Å². The van der Waals surface area contributed by atoms with Crippen LogP contribution in [0.4, 0.5) is 4.79 Å². The third-order valence-electron chi connectivity index (χ3n) is 2.13. The number of rotatable bonds is 4. The molecule has 0 saturated heterocycles. The molecule has 1 aromatic carbocycles. The number of benzene rings is 1. The largest absolute Gasteiger partial charge is 0.443 e. The molecule has 0 saturated carbocycles. The molecule has 0 atom stereocenters. The van der Waals surface area contributed by atoms with Crippen LogP contribution >= 0.6 is 0 Å². The third-order valence-corrected chi connectivity index (χ3v) is 2.13. The summed E-state index contributed by atoms with van der Waals surface area (Å²) in [5, 5.41) is 0.520. The fourth-order valence-corrected chi connectivity index (χ4v) is 1.22. The molecule has 1 rings (SSSR count). The van der Waals surface area contributed by atoms with E-state index in [-0.39, 0.29) is 13.0 Å². The first-order valence-corrected chi connectivity index (χ1v) is 5.43. The maximum atomic E-state index is 11.4. The standard InChI is InChI=1S/C12H16N2O3/c1-2-6-11(15)14(13)12(16)17-9-10-7-4-3-5-8-10/h3-5,7-8H,2,6,9,13H2,1H3. The van der Waals surface area contributed by atoms with Crippen LogP contribution in [0.5, 0.6) is 0 Å². The van der Waals surface area contributed by atoms with Gasteiger partial charge in [-0.05, 0) is 12.0 Å². The van der Waals surface area contributed by atoms with Gasteiger partial charge in [0.25, 0.3) is 0 Å². The summed E-state index contributed by atoms with van der Waals surface area (Å²) in [5.74, 6) is 4.88. The summed E-state index contributed by atoms with van der Waals surface area (Å²) in [7, 11) is 0. The molecule has 0 aliphatic carbocycles. The van der Waals surface area contributed by atoms with Crippen molar-refractivity contribution >= 4 is 12.0 Å². The zero-order valence-corrected chi connectivity index (χ0v) is 9.76. The number of hydrogen-bond acceptors (Lipinski definition) is 4. The lowest BCUT2D eigenvalue weighted by Gasteiger charge is -2.14. The maximum absolute atomic E-state index is 11.4. The summed E-state index contributed by atoms with van der Waals surface area (Å²) in [6, 6.07) is 9.19. The second-order valence-corrected chi connectivity index (χ2v) is 3.55. The quantitative estimate of drug-likeness (QED) is 0.491. The van der Waals surface area contributed by atoms with Gasteiger partial charge in [0.05, 0.1) is 0 Å². The lowest BCUT2D eigenvalue weighted by molar-refractivity contribution is -0.129. The minimum atomic E-state index is -0.827. The van der Waals surface area contributed by atoms with Gasteiger partial charge in [0.2, 0.25) is 5.91 Å².